The SMILES string of the molecule is CC1CNCCN1C(=O)c1cccc(S(=O)(=O)NC2CCCC2)c1.Cl. The molecule has 1 saturated heterocycles. The summed E-state index contributed by atoms with van der Waals surface area (Å²) in [5.41, 5.74) is 0.429. The van der Waals surface area contributed by atoms with Crippen molar-refractivity contribution in [3.63, 3.8) is 0 Å². The van der Waals surface area contributed by atoms with Crippen LogP contribution >= 0.6 is 12.4 Å². The molecule has 0 bridgehead atoms. The number of carbonyl (C=O) groups excluding carboxylic acids is 1. The molecule has 1 aliphatic heterocycles. The minimum atomic E-state index is -3.58. The molecule has 1 aromatic carbocycles. The summed E-state index contributed by atoms with van der Waals surface area (Å²) in [6.45, 7) is 4.15. The maximum absolute atomic E-state index is 12.7. The summed E-state index contributed by atoms with van der Waals surface area (Å²) in [6.07, 6.45) is 3.89. The zero-order valence-electron chi connectivity index (χ0n) is 14.4. The number of benzene rings is 1. The summed E-state index contributed by atoms with van der Waals surface area (Å²) in [7, 11) is -3.58. The van der Waals surface area contributed by atoms with Crippen LogP contribution in [0.1, 0.15) is 43.0 Å². The Morgan fingerprint density at radius 1 is 1.28 bits per heavy atom. The fourth-order valence-corrected chi connectivity index (χ4v) is 4.79. The van der Waals surface area contributed by atoms with Crippen molar-refractivity contribution in [3.05, 3.63) is 29.8 Å². The highest BCUT2D eigenvalue weighted by molar-refractivity contribution is 7.89. The maximum atomic E-state index is 12.7. The first kappa shape index (κ1) is 20.2. The number of nitrogens with zero attached hydrogens (tertiary/aromatic N) is 1. The van der Waals surface area contributed by atoms with E-state index in [0.717, 1.165) is 38.8 Å². The van der Waals surface area contributed by atoms with Gasteiger partial charge in [0, 0.05) is 37.3 Å². The van der Waals surface area contributed by atoms with Gasteiger partial charge in [0.05, 0.1) is 4.90 Å². The van der Waals surface area contributed by atoms with Crippen LogP contribution in [0.3, 0.4) is 0 Å². The Labute approximate surface area is 155 Å². The molecule has 0 aromatic heterocycles. The zero-order valence-corrected chi connectivity index (χ0v) is 16.0. The van der Waals surface area contributed by atoms with Crippen LogP contribution in [0.4, 0.5) is 0 Å². The van der Waals surface area contributed by atoms with Crippen molar-refractivity contribution in [1.29, 1.82) is 0 Å². The molecule has 1 heterocycles. The molecule has 8 heteroatoms. The van der Waals surface area contributed by atoms with Gasteiger partial charge in [-0.05, 0) is 38.0 Å². The van der Waals surface area contributed by atoms with E-state index in [9.17, 15) is 13.2 Å². The number of hydrogen-bond acceptors (Lipinski definition) is 4. The molecule has 25 heavy (non-hydrogen) atoms. The lowest BCUT2D eigenvalue weighted by atomic mass is 10.1. The Bertz CT molecular complexity index is 705. The van der Waals surface area contributed by atoms with Crippen LogP contribution in [-0.2, 0) is 10.0 Å². The second-order valence-electron chi connectivity index (χ2n) is 6.68. The van der Waals surface area contributed by atoms with E-state index in [1.165, 1.54) is 6.07 Å². The highest BCUT2D eigenvalue weighted by Gasteiger charge is 2.26. The number of halogens is 1. The molecule has 2 N–H and O–H groups in total. The summed E-state index contributed by atoms with van der Waals surface area (Å²) in [5.74, 6) is -0.109. The van der Waals surface area contributed by atoms with E-state index < -0.39 is 10.0 Å². The molecule has 1 amide bonds. The first-order chi connectivity index (χ1) is 11.5. The number of rotatable bonds is 4. The van der Waals surface area contributed by atoms with Gasteiger partial charge in [-0.2, -0.15) is 0 Å². The second-order valence-corrected chi connectivity index (χ2v) is 8.40. The van der Waals surface area contributed by atoms with Gasteiger partial charge >= 0.3 is 0 Å². The predicted octanol–water partition coefficient (Wildman–Crippen LogP) is 1.76. The molecule has 6 nitrogen and oxygen atoms in total. The molecule has 1 atom stereocenters. The lowest BCUT2D eigenvalue weighted by Crippen LogP contribution is -2.52. The lowest BCUT2D eigenvalue weighted by molar-refractivity contribution is 0.0655. The fraction of sp³-hybridized carbons (Fsp3) is 0.588. The van der Waals surface area contributed by atoms with Crippen molar-refractivity contribution >= 4 is 28.3 Å². The predicted molar refractivity (Wildman–Crippen MR) is 99.6 cm³/mol. The van der Waals surface area contributed by atoms with Gasteiger partial charge in [0.2, 0.25) is 10.0 Å². The topological polar surface area (TPSA) is 78.5 Å². The molecule has 1 aromatic rings. The Morgan fingerprint density at radius 2 is 2.00 bits per heavy atom. The van der Waals surface area contributed by atoms with Crippen molar-refractivity contribution in [1.82, 2.24) is 14.9 Å². The van der Waals surface area contributed by atoms with E-state index in [0.29, 0.717) is 12.1 Å². The summed E-state index contributed by atoms with van der Waals surface area (Å²) in [6, 6.07) is 6.49. The molecular formula is C17H26ClN3O3S. The number of nitrogens with one attached hydrogen (secondary N) is 2. The van der Waals surface area contributed by atoms with Gasteiger partial charge in [0.15, 0.2) is 0 Å². The summed E-state index contributed by atoms with van der Waals surface area (Å²) in [5, 5.41) is 3.25. The third-order valence-corrected chi connectivity index (χ3v) is 6.35. The minimum Gasteiger partial charge on any atom is -0.333 e. The largest absolute Gasteiger partial charge is 0.333 e. The molecule has 1 aliphatic carbocycles. The average molecular weight is 388 g/mol. The number of piperazine rings is 1. The molecule has 0 spiro atoms. The first-order valence-electron chi connectivity index (χ1n) is 8.61. The van der Waals surface area contributed by atoms with Crippen LogP contribution in [0.15, 0.2) is 29.2 Å². The van der Waals surface area contributed by atoms with Crippen molar-refractivity contribution in [2.75, 3.05) is 19.6 Å². The van der Waals surface area contributed by atoms with Crippen molar-refractivity contribution < 1.29 is 13.2 Å². The lowest BCUT2D eigenvalue weighted by Gasteiger charge is -2.34. The van der Waals surface area contributed by atoms with Crippen LogP contribution in [0, 0.1) is 0 Å². The Balaban J connectivity index is 0.00000225. The number of hydrogen-bond donors (Lipinski definition) is 2. The van der Waals surface area contributed by atoms with E-state index in [1.807, 2.05) is 6.92 Å². The van der Waals surface area contributed by atoms with Crippen LogP contribution in [0.5, 0.6) is 0 Å². The number of carbonyl (C=O) groups is 1. The van der Waals surface area contributed by atoms with Gasteiger partial charge in [-0.15, -0.1) is 12.4 Å². The van der Waals surface area contributed by atoms with Gasteiger partial charge in [0.1, 0.15) is 0 Å². The second kappa shape index (κ2) is 8.49. The van der Waals surface area contributed by atoms with Gasteiger partial charge < -0.3 is 10.2 Å². The average Bonchev–Trinajstić information content (AvgIpc) is 3.07. The monoisotopic (exact) mass is 387 g/mol. The summed E-state index contributed by atoms with van der Waals surface area (Å²) < 4.78 is 27.9. The smallest absolute Gasteiger partial charge is 0.254 e. The molecule has 3 rings (SSSR count). The quantitative estimate of drug-likeness (QED) is 0.825. The molecule has 1 saturated carbocycles. The van der Waals surface area contributed by atoms with E-state index in [4.69, 9.17) is 0 Å². The van der Waals surface area contributed by atoms with Crippen LogP contribution in [0.2, 0.25) is 0 Å². The van der Waals surface area contributed by atoms with Crippen molar-refractivity contribution in [3.8, 4) is 0 Å². The van der Waals surface area contributed by atoms with Crippen molar-refractivity contribution in [2.45, 2.75) is 49.6 Å². The van der Waals surface area contributed by atoms with Gasteiger partial charge in [-0.3, -0.25) is 4.79 Å². The van der Waals surface area contributed by atoms with Gasteiger partial charge in [0.25, 0.3) is 5.91 Å². The standard InChI is InChI=1S/C17H25N3O3S.ClH/c1-13-12-18-9-10-20(13)17(21)14-5-4-8-16(11-14)24(22,23)19-15-6-2-3-7-15;/h4-5,8,11,13,15,18-19H,2-3,6-7,9-10,12H2,1H3;1H. The molecular weight excluding hydrogens is 362 g/mol. The Hall–Kier alpha value is -1.15. The number of sulfonamides is 1. The van der Waals surface area contributed by atoms with Crippen LogP contribution < -0.4 is 10.0 Å². The molecule has 2 fully saturated rings. The zero-order chi connectivity index (χ0) is 17.2. The third kappa shape index (κ3) is 4.73. The van der Waals surface area contributed by atoms with E-state index in [2.05, 4.69) is 10.0 Å². The van der Waals surface area contributed by atoms with Gasteiger partial charge in [-0.25, -0.2) is 13.1 Å². The van der Waals surface area contributed by atoms with E-state index in [1.54, 1.807) is 23.1 Å². The fourth-order valence-electron chi connectivity index (χ4n) is 3.44. The normalized spacial score (nSPS) is 21.8. The van der Waals surface area contributed by atoms with Crippen LogP contribution in [0.25, 0.3) is 0 Å². The van der Waals surface area contributed by atoms with Gasteiger partial charge in [-0.1, -0.05) is 18.9 Å². The third-order valence-electron chi connectivity index (χ3n) is 4.83. The Kier molecular flexibility index (Phi) is 6.85. The highest BCUT2D eigenvalue weighted by Crippen LogP contribution is 2.21. The first-order valence-corrected chi connectivity index (χ1v) is 10.1. The molecule has 2 aliphatic rings. The molecule has 140 valence electrons. The van der Waals surface area contributed by atoms with Crippen molar-refractivity contribution in [2.24, 2.45) is 0 Å². The summed E-state index contributed by atoms with van der Waals surface area (Å²) >= 11 is 0. The number of amides is 1. The van der Waals surface area contributed by atoms with Crippen LogP contribution in [-0.4, -0.2) is 50.9 Å². The molecule has 1 unspecified atom stereocenters. The van der Waals surface area contributed by atoms with E-state index >= 15 is 0 Å². The Morgan fingerprint density at radius 3 is 2.68 bits per heavy atom. The maximum Gasteiger partial charge on any atom is 0.254 e. The molecule has 0 radical (unpaired) electrons. The minimum absolute atomic E-state index is 0. The van der Waals surface area contributed by atoms with E-state index in [-0.39, 0.29) is 35.3 Å². The highest BCUT2D eigenvalue weighted by atomic mass is 35.5. The summed E-state index contributed by atoms with van der Waals surface area (Å²) in [4.78, 5) is 14.7.